The van der Waals surface area contributed by atoms with Gasteiger partial charge in [0.15, 0.2) is 0 Å². The SMILES string of the molecule is Cc1csc(NN=Cc2cc(B(O)O)ccc2OC(F)(F)F)n1. The molecule has 122 valence electrons. The van der Waals surface area contributed by atoms with Gasteiger partial charge < -0.3 is 14.8 Å². The maximum absolute atomic E-state index is 12.4. The van der Waals surface area contributed by atoms with Crippen LogP contribution in [0.2, 0.25) is 0 Å². The van der Waals surface area contributed by atoms with Gasteiger partial charge in [-0.25, -0.2) is 4.98 Å². The first-order valence-electron chi connectivity index (χ1n) is 6.21. The second-order valence-electron chi connectivity index (χ2n) is 4.38. The van der Waals surface area contributed by atoms with E-state index >= 15 is 0 Å². The molecule has 0 radical (unpaired) electrons. The molecule has 0 bridgehead atoms. The van der Waals surface area contributed by atoms with Gasteiger partial charge >= 0.3 is 13.5 Å². The fourth-order valence-electron chi connectivity index (χ4n) is 1.61. The van der Waals surface area contributed by atoms with Gasteiger partial charge in [-0.2, -0.15) is 5.10 Å². The zero-order chi connectivity index (χ0) is 17.0. The number of ether oxygens (including phenoxy) is 1. The zero-order valence-electron chi connectivity index (χ0n) is 11.7. The Kier molecular flexibility index (Phi) is 5.24. The molecule has 3 N–H and O–H groups in total. The second-order valence-corrected chi connectivity index (χ2v) is 5.24. The number of aromatic nitrogens is 1. The van der Waals surface area contributed by atoms with Crippen molar-refractivity contribution in [1.29, 1.82) is 0 Å². The maximum Gasteiger partial charge on any atom is 0.573 e. The summed E-state index contributed by atoms with van der Waals surface area (Å²) in [6.07, 6.45) is -3.80. The fourth-order valence-corrected chi connectivity index (χ4v) is 2.25. The van der Waals surface area contributed by atoms with E-state index in [2.05, 4.69) is 20.2 Å². The van der Waals surface area contributed by atoms with Crippen LogP contribution in [0.4, 0.5) is 18.3 Å². The van der Waals surface area contributed by atoms with Crippen LogP contribution in [-0.2, 0) is 0 Å². The van der Waals surface area contributed by atoms with Crippen LogP contribution in [-0.4, -0.2) is 34.7 Å². The van der Waals surface area contributed by atoms with Crippen molar-refractivity contribution < 1.29 is 28.0 Å². The van der Waals surface area contributed by atoms with E-state index in [0.29, 0.717) is 5.13 Å². The molecule has 0 aliphatic carbocycles. The highest BCUT2D eigenvalue weighted by Crippen LogP contribution is 2.25. The van der Waals surface area contributed by atoms with E-state index in [0.717, 1.165) is 30.1 Å². The van der Waals surface area contributed by atoms with E-state index < -0.39 is 19.2 Å². The summed E-state index contributed by atoms with van der Waals surface area (Å²) in [5.74, 6) is -0.511. The quantitative estimate of drug-likeness (QED) is 0.434. The van der Waals surface area contributed by atoms with Crippen LogP contribution in [0.1, 0.15) is 11.3 Å². The van der Waals surface area contributed by atoms with E-state index in [4.69, 9.17) is 10.0 Å². The van der Waals surface area contributed by atoms with Gasteiger partial charge in [0.25, 0.3) is 0 Å². The molecule has 1 aromatic carbocycles. The number of halogens is 3. The van der Waals surface area contributed by atoms with Crippen LogP contribution in [0.5, 0.6) is 5.75 Å². The predicted octanol–water partition coefficient (Wildman–Crippen LogP) is 1.48. The van der Waals surface area contributed by atoms with Crippen molar-refractivity contribution in [1.82, 2.24) is 4.98 Å². The number of rotatable bonds is 5. The number of nitrogens with one attached hydrogen (secondary N) is 1. The Morgan fingerprint density at radius 3 is 2.70 bits per heavy atom. The molecule has 2 aromatic rings. The maximum atomic E-state index is 12.4. The van der Waals surface area contributed by atoms with Crippen molar-refractivity contribution in [2.45, 2.75) is 13.3 Å². The molecule has 1 heterocycles. The summed E-state index contributed by atoms with van der Waals surface area (Å²) in [5, 5.41) is 24.2. The number of benzene rings is 1. The minimum absolute atomic E-state index is 0.00562. The van der Waals surface area contributed by atoms with Crippen LogP contribution in [0.3, 0.4) is 0 Å². The molecule has 0 fully saturated rings. The van der Waals surface area contributed by atoms with Crippen LogP contribution >= 0.6 is 11.3 Å². The van der Waals surface area contributed by atoms with Gasteiger partial charge in [0.2, 0.25) is 5.13 Å². The van der Waals surface area contributed by atoms with Crippen molar-refractivity contribution in [2.75, 3.05) is 5.43 Å². The molecule has 0 unspecified atom stereocenters. The van der Waals surface area contributed by atoms with Gasteiger partial charge in [-0.1, -0.05) is 6.07 Å². The third-order valence-corrected chi connectivity index (χ3v) is 3.41. The molecule has 0 amide bonds. The Bertz CT molecular complexity index is 706. The molecule has 1 aromatic heterocycles. The van der Waals surface area contributed by atoms with Crippen LogP contribution in [0.15, 0.2) is 28.7 Å². The highest BCUT2D eigenvalue weighted by Gasteiger charge is 2.32. The number of nitrogens with zero attached hydrogens (tertiary/aromatic N) is 2. The number of anilines is 1. The Morgan fingerprint density at radius 2 is 2.13 bits per heavy atom. The summed E-state index contributed by atoms with van der Waals surface area (Å²) in [6.45, 7) is 1.78. The lowest BCUT2D eigenvalue weighted by molar-refractivity contribution is -0.274. The largest absolute Gasteiger partial charge is 0.573 e. The lowest BCUT2D eigenvalue weighted by atomic mass is 9.79. The first-order valence-corrected chi connectivity index (χ1v) is 7.09. The fraction of sp³-hybridized carbons (Fsp3) is 0.167. The molecule has 0 saturated heterocycles. The molecule has 0 atom stereocenters. The lowest BCUT2D eigenvalue weighted by Gasteiger charge is -2.12. The first kappa shape index (κ1) is 17.3. The van der Waals surface area contributed by atoms with Crippen molar-refractivity contribution in [3.63, 3.8) is 0 Å². The summed E-state index contributed by atoms with van der Waals surface area (Å²) in [6, 6.07) is 3.22. The Balaban J connectivity index is 2.23. The van der Waals surface area contributed by atoms with Crippen LogP contribution in [0, 0.1) is 6.92 Å². The topological polar surface area (TPSA) is 87.0 Å². The minimum atomic E-state index is -4.87. The monoisotopic (exact) mass is 345 g/mol. The average molecular weight is 345 g/mol. The predicted molar refractivity (Wildman–Crippen MR) is 81.0 cm³/mol. The Labute approximate surface area is 133 Å². The summed E-state index contributed by atoms with van der Waals surface area (Å²) < 4.78 is 41.0. The van der Waals surface area contributed by atoms with Crippen molar-refractivity contribution in [3.8, 4) is 5.75 Å². The van der Waals surface area contributed by atoms with Gasteiger partial charge in [-0.15, -0.1) is 24.5 Å². The zero-order valence-corrected chi connectivity index (χ0v) is 12.5. The Hall–Kier alpha value is -2.11. The molecule has 2 rings (SSSR count). The highest BCUT2D eigenvalue weighted by molar-refractivity contribution is 7.13. The third kappa shape index (κ3) is 5.23. The van der Waals surface area contributed by atoms with E-state index in [1.165, 1.54) is 11.3 Å². The van der Waals surface area contributed by atoms with Gasteiger partial charge in [-0.05, 0) is 24.5 Å². The van der Waals surface area contributed by atoms with E-state index in [-0.39, 0.29) is 11.0 Å². The molecule has 6 nitrogen and oxygen atoms in total. The number of thiazole rings is 1. The average Bonchev–Trinajstić information content (AvgIpc) is 2.84. The summed E-state index contributed by atoms with van der Waals surface area (Å²) >= 11 is 1.28. The number of alkyl halides is 3. The lowest BCUT2D eigenvalue weighted by Crippen LogP contribution is -2.30. The van der Waals surface area contributed by atoms with Crippen molar-refractivity contribution in [3.05, 3.63) is 34.8 Å². The van der Waals surface area contributed by atoms with E-state index in [9.17, 15) is 13.2 Å². The molecule has 11 heteroatoms. The Morgan fingerprint density at radius 1 is 1.39 bits per heavy atom. The summed E-state index contributed by atoms with van der Waals surface area (Å²) in [5.41, 5.74) is 3.28. The van der Waals surface area contributed by atoms with Gasteiger partial charge in [0, 0.05) is 10.9 Å². The second kappa shape index (κ2) is 6.98. The van der Waals surface area contributed by atoms with Crippen molar-refractivity contribution in [2.24, 2.45) is 5.10 Å². The number of hydrogen-bond donors (Lipinski definition) is 3. The van der Waals surface area contributed by atoms with E-state index in [1.54, 1.807) is 12.3 Å². The normalized spacial score (nSPS) is 11.7. The van der Waals surface area contributed by atoms with Gasteiger partial charge in [0.1, 0.15) is 5.75 Å². The number of hydrogen-bond acceptors (Lipinski definition) is 7. The number of hydrazone groups is 1. The summed E-state index contributed by atoms with van der Waals surface area (Å²) in [4.78, 5) is 4.07. The first-order chi connectivity index (χ1) is 10.7. The van der Waals surface area contributed by atoms with E-state index in [1.807, 2.05) is 0 Å². The molecule has 0 aliphatic heterocycles. The molecular weight excluding hydrogens is 334 g/mol. The molecular formula is C12H11BF3N3O3S. The molecule has 0 aliphatic rings. The minimum Gasteiger partial charge on any atom is -0.423 e. The molecule has 23 heavy (non-hydrogen) atoms. The molecule has 0 spiro atoms. The van der Waals surface area contributed by atoms with Crippen LogP contribution in [0.25, 0.3) is 0 Å². The number of aryl methyl sites for hydroxylation is 1. The van der Waals surface area contributed by atoms with Gasteiger partial charge in [0.05, 0.1) is 11.9 Å². The van der Waals surface area contributed by atoms with Crippen molar-refractivity contribution >= 4 is 35.3 Å². The smallest absolute Gasteiger partial charge is 0.423 e. The third-order valence-electron chi connectivity index (χ3n) is 2.54. The van der Waals surface area contributed by atoms with Gasteiger partial charge in [-0.3, -0.25) is 5.43 Å². The molecule has 0 saturated carbocycles. The standard InChI is InChI=1S/C12H11BF3N3O3S/c1-7-6-23-11(18-7)19-17-5-8-4-9(13(20)21)2-3-10(8)22-12(14,15)16/h2-6,20-21H,1H3,(H,18,19). The van der Waals surface area contributed by atoms with Crippen LogP contribution < -0.4 is 15.6 Å². The summed E-state index contributed by atoms with van der Waals surface area (Å²) in [7, 11) is -1.82. The highest BCUT2D eigenvalue weighted by atomic mass is 32.1.